The number of sulfonamides is 1. The Morgan fingerprint density at radius 1 is 1.14 bits per heavy atom. The van der Waals surface area contributed by atoms with E-state index >= 15 is 0 Å². The normalized spacial score (nSPS) is 28.8. The lowest BCUT2D eigenvalue weighted by Gasteiger charge is -2.29. The third-order valence-corrected chi connectivity index (χ3v) is 6.02. The lowest BCUT2D eigenvalue weighted by molar-refractivity contribution is 0.345. The van der Waals surface area contributed by atoms with E-state index in [4.69, 9.17) is 0 Å². The van der Waals surface area contributed by atoms with Crippen molar-refractivity contribution in [3.8, 4) is 0 Å². The number of nitrogens with one attached hydrogen (secondary N) is 2. The first-order valence-electron chi connectivity index (χ1n) is 7.40. The van der Waals surface area contributed by atoms with Crippen molar-refractivity contribution in [2.24, 2.45) is 0 Å². The first-order chi connectivity index (χ1) is 9.85. The molecule has 1 aromatic rings. The number of fused-ring (bicyclic) bond motifs is 2. The van der Waals surface area contributed by atoms with Crippen LogP contribution in [-0.4, -0.2) is 26.5 Å². The molecule has 2 saturated heterocycles. The zero-order valence-electron chi connectivity index (χ0n) is 12.3. The van der Waals surface area contributed by atoms with Gasteiger partial charge in [0.15, 0.2) is 0 Å². The topological polar surface area (TPSA) is 58.2 Å². The number of hydrogen-bond donors (Lipinski definition) is 2. The van der Waals surface area contributed by atoms with E-state index in [0.29, 0.717) is 23.2 Å². The molecule has 2 fully saturated rings. The summed E-state index contributed by atoms with van der Waals surface area (Å²) in [6.07, 6.45) is 3.90. The van der Waals surface area contributed by atoms with Gasteiger partial charge < -0.3 is 5.32 Å². The maximum Gasteiger partial charge on any atom is 0.240 e. The fourth-order valence-corrected chi connectivity index (χ4v) is 4.93. The third-order valence-electron chi connectivity index (χ3n) is 4.52. The summed E-state index contributed by atoms with van der Waals surface area (Å²) >= 11 is 0. The molecule has 0 aliphatic carbocycles. The second-order valence-corrected chi connectivity index (χ2v) is 8.01. The molecule has 116 valence electrons. The Balaban J connectivity index is 1.81. The molecule has 2 N–H and O–H groups in total. The standard InChI is InChI=1S/C15H21FN2O2S/c1-9-5-14(6-10(2)15(9)16)21(19,20)18-13-7-11-3-4-12(8-13)17-11/h5-6,11-13,17-18H,3-4,7-8H2,1-2H3. The van der Waals surface area contributed by atoms with E-state index in [1.165, 1.54) is 12.1 Å². The lowest BCUT2D eigenvalue weighted by atomic mass is 10.0. The number of hydrogen-bond acceptors (Lipinski definition) is 3. The average Bonchev–Trinajstić information content (AvgIpc) is 2.74. The molecule has 21 heavy (non-hydrogen) atoms. The van der Waals surface area contributed by atoms with Crippen LogP contribution < -0.4 is 10.0 Å². The molecule has 2 atom stereocenters. The average molecular weight is 312 g/mol. The molecule has 0 radical (unpaired) electrons. The highest BCUT2D eigenvalue weighted by Crippen LogP contribution is 2.28. The predicted molar refractivity (Wildman–Crippen MR) is 79.2 cm³/mol. The Hall–Kier alpha value is -0.980. The van der Waals surface area contributed by atoms with Crippen LogP contribution in [0, 0.1) is 19.7 Å². The van der Waals surface area contributed by atoms with Crippen LogP contribution in [0.3, 0.4) is 0 Å². The number of benzene rings is 1. The molecule has 2 heterocycles. The number of aryl methyl sites for hydroxylation is 2. The minimum atomic E-state index is -3.59. The highest BCUT2D eigenvalue weighted by atomic mass is 32.2. The van der Waals surface area contributed by atoms with Gasteiger partial charge in [-0.05, 0) is 62.8 Å². The first kappa shape index (κ1) is 14.9. The van der Waals surface area contributed by atoms with Crippen LogP contribution in [0.25, 0.3) is 0 Å². The largest absolute Gasteiger partial charge is 0.311 e. The summed E-state index contributed by atoms with van der Waals surface area (Å²) in [5.74, 6) is -0.339. The van der Waals surface area contributed by atoms with Crippen LogP contribution in [-0.2, 0) is 10.0 Å². The second kappa shape index (κ2) is 5.34. The van der Waals surface area contributed by atoms with Gasteiger partial charge in [-0.3, -0.25) is 0 Å². The molecule has 2 unspecified atom stereocenters. The fraction of sp³-hybridized carbons (Fsp3) is 0.600. The molecule has 0 amide bonds. The molecule has 6 heteroatoms. The van der Waals surface area contributed by atoms with Crippen molar-refractivity contribution < 1.29 is 12.8 Å². The molecule has 2 aliphatic rings. The zero-order valence-corrected chi connectivity index (χ0v) is 13.1. The Kier molecular flexibility index (Phi) is 3.80. The number of piperidine rings is 1. The van der Waals surface area contributed by atoms with E-state index in [0.717, 1.165) is 25.7 Å². The van der Waals surface area contributed by atoms with Crippen molar-refractivity contribution in [3.63, 3.8) is 0 Å². The molecule has 0 saturated carbocycles. The molecule has 1 aromatic carbocycles. The summed E-state index contributed by atoms with van der Waals surface area (Å²) in [7, 11) is -3.59. The van der Waals surface area contributed by atoms with Crippen molar-refractivity contribution in [2.75, 3.05) is 0 Å². The third kappa shape index (κ3) is 2.98. The molecular weight excluding hydrogens is 291 g/mol. The van der Waals surface area contributed by atoms with Crippen LogP contribution in [0.15, 0.2) is 17.0 Å². The van der Waals surface area contributed by atoms with Crippen molar-refractivity contribution in [1.29, 1.82) is 0 Å². The monoisotopic (exact) mass is 312 g/mol. The fourth-order valence-electron chi connectivity index (χ4n) is 3.50. The van der Waals surface area contributed by atoms with Gasteiger partial charge in [-0.2, -0.15) is 0 Å². The van der Waals surface area contributed by atoms with Crippen LogP contribution in [0.4, 0.5) is 4.39 Å². The van der Waals surface area contributed by atoms with Gasteiger partial charge in [-0.25, -0.2) is 17.5 Å². The van der Waals surface area contributed by atoms with Gasteiger partial charge in [0.05, 0.1) is 4.90 Å². The van der Waals surface area contributed by atoms with Gasteiger partial charge in [-0.15, -0.1) is 0 Å². The SMILES string of the molecule is Cc1cc(S(=O)(=O)NC2CC3CCC(C2)N3)cc(C)c1F. The maximum atomic E-state index is 13.6. The summed E-state index contributed by atoms with van der Waals surface area (Å²) < 4.78 is 41.4. The molecule has 2 aliphatic heterocycles. The van der Waals surface area contributed by atoms with Gasteiger partial charge in [0.25, 0.3) is 0 Å². The van der Waals surface area contributed by atoms with Gasteiger partial charge in [0.1, 0.15) is 5.82 Å². The molecule has 4 nitrogen and oxygen atoms in total. The van der Waals surface area contributed by atoms with Gasteiger partial charge >= 0.3 is 0 Å². The minimum absolute atomic E-state index is 0.0283. The Morgan fingerprint density at radius 3 is 2.19 bits per heavy atom. The van der Waals surface area contributed by atoms with Crippen molar-refractivity contribution in [3.05, 3.63) is 29.1 Å². The van der Waals surface area contributed by atoms with Crippen LogP contribution in [0.5, 0.6) is 0 Å². The predicted octanol–water partition coefficient (Wildman–Crippen LogP) is 2.00. The summed E-state index contributed by atoms with van der Waals surface area (Å²) in [4.78, 5) is 0.157. The van der Waals surface area contributed by atoms with Gasteiger partial charge in [0, 0.05) is 18.1 Å². The summed E-state index contributed by atoms with van der Waals surface area (Å²) in [6.45, 7) is 3.18. The van der Waals surface area contributed by atoms with Gasteiger partial charge in [0.2, 0.25) is 10.0 Å². The maximum absolute atomic E-state index is 13.6. The highest BCUT2D eigenvalue weighted by molar-refractivity contribution is 7.89. The molecule has 2 bridgehead atoms. The Morgan fingerprint density at radius 2 is 1.67 bits per heavy atom. The molecule has 0 aromatic heterocycles. The quantitative estimate of drug-likeness (QED) is 0.897. The van der Waals surface area contributed by atoms with E-state index in [2.05, 4.69) is 10.0 Å². The zero-order chi connectivity index (χ0) is 15.2. The molecule has 0 spiro atoms. The Labute approximate surface area is 125 Å². The van der Waals surface area contributed by atoms with Crippen molar-refractivity contribution >= 4 is 10.0 Å². The smallest absolute Gasteiger partial charge is 0.240 e. The highest BCUT2D eigenvalue weighted by Gasteiger charge is 2.35. The van der Waals surface area contributed by atoms with Gasteiger partial charge in [-0.1, -0.05) is 0 Å². The van der Waals surface area contributed by atoms with Crippen molar-refractivity contribution in [1.82, 2.24) is 10.0 Å². The first-order valence-corrected chi connectivity index (χ1v) is 8.88. The van der Waals surface area contributed by atoms with E-state index in [9.17, 15) is 12.8 Å². The second-order valence-electron chi connectivity index (χ2n) is 6.30. The van der Waals surface area contributed by atoms with E-state index in [1.54, 1.807) is 13.8 Å². The number of halogens is 1. The van der Waals surface area contributed by atoms with Crippen LogP contribution >= 0.6 is 0 Å². The lowest BCUT2D eigenvalue weighted by Crippen LogP contribution is -2.47. The molecule has 3 rings (SSSR count). The van der Waals surface area contributed by atoms with Crippen LogP contribution in [0.2, 0.25) is 0 Å². The van der Waals surface area contributed by atoms with Crippen molar-refractivity contribution in [2.45, 2.75) is 62.6 Å². The molecular formula is C15H21FN2O2S. The van der Waals surface area contributed by atoms with E-state index in [1.807, 2.05) is 0 Å². The summed E-state index contributed by atoms with van der Waals surface area (Å²) in [5, 5.41) is 3.49. The number of rotatable bonds is 3. The minimum Gasteiger partial charge on any atom is -0.311 e. The summed E-state index contributed by atoms with van der Waals surface area (Å²) in [5.41, 5.74) is 0.724. The van der Waals surface area contributed by atoms with E-state index < -0.39 is 10.0 Å². The van der Waals surface area contributed by atoms with E-state index in [-0.39, 0.29) is 16.8 Å². The Bertz CT molecular complexity index is 625. The van der Waals surface area contributed by atoms with Crippen LogP contribution in [0.1, 0.15) is 36.8 Å². The summed E-state index contributed by atoms with van der Waals surface area (Å²) in [6, 6.07) is 3.63.